The Hall–Kier alpha value is -2.80. The Kier molecular flexibility index (Phi) is 4.26. The number of thiocarbonyl (C=S) groups is 1. The number of aryl methyl sites for hydroxylation is 1. The van der Waals surface area contributed by atoms with Crippen LogP contribution in [0.5, 0.6) is 0 Å². The van der Waals surface area contributed by atoms with Crippen LogP contribution < -0.4 is 15.6 Å². The molecule has 2 aromatic carbocycles. The normalized spacial score (nSPS) is 14.7. The largest absolute Gasteiger partial charge is 0.331 e. The molecule has 2 aromatic rings. The lowest BCUT2D eigenvalue weighted by atomic mass is 10.1. The van der Waals surface area contributed by atoms with E-state index in [2.05, 4.69) is 15.8 Å². The van der Waals surface area contributed by atoms with Crippen molar-refractivity contribution in [2.24, 2.45) is 5.10 Å². The maximum atomic E-state index is 13.2. The molecule has 0 fully saturated rings. The van der Waals surface area contributed by atoms with Gasteiger partial charge in [0, 0.05) is 18.3 Å². The second-order valence-electron chi connectivity index (χ2n) is 5.42. The van der Waals surface area contributed by atoms with Gasteiger partial charge in [-0.1, -0.05) is 17.7 Å². The molecule has 2 N–H and O–H groups in total. The summed E-state index contributed by atoms with van der Waals surface area (Å²) in [7, 11) is 1.70. The number of halogens is 1. The van der Waals surface area contributed by atoms with Crippen LogP contribution in [-0.2, 0) is 4.79 Å². The summed E-state index contributed by atoms with van der Waals surface area (Å²) in [6.07, 6.45) is 0. The van der Waals surface area contributed by atoms with Crippen molar-refractivity contribution in [2.75, 3.05) is 17.3 Å². The summed E-state index contributed by atoms with van der Waals surface area (Å²) in [5.74, 6) is -0.581. The number of carbonyl (C=O) groups excluding carboxylic acids is 1. The summed E-state index contributed by atoms with van der Waals surface area (Å²) < 4.78 is 13.2. The molecule has 24 heavy (non-hydrogen) atoms. The molecular weight excluding hydrogens is 327 g/mol. The van der Waals surface area contributed by atoms with E-state index >= 15 is 0 Å². The fourth-order valence-electron chi connectivity index (χ4n) is 2.46. The number of amides is 1. The summed E-state index contributed by atoms with van der Waals surface area (Å²) in [6, 6.07) is 11.6. The zero-order valence-corrected chi connectivity index (χ0v) is 13.9. The van der Waals surface area contributed by atoms with Gasteiger partial charge >= 0.3 is 0 Å². The lowest BCUT2D eigenvalue weighted by molar-refractivity contribution is -0.111. The van der Waals surface area contributed by atoms with Gasteiger partial charge in [0.05, 0.1) is 5.69 Å². The van der Waals surface area contributed by atoms with E-state index in [9.17, 15) is 9.18 Å². The molecule has 0 radical (unpaired) electrons. The standard InChI is InChI=1S/C17H15FN4OS/c1-10-6-7-14-13(8-10)15(16(23)22(14)2)20-21-17(24)19-12-5-3-4-11(18)9-12/h3-9H,1-2H3,(H2,19,21,24)/b20-15-. The maximum absolute atomic E-state index is 13.2. The molecule has 122 valence electrons. The second-order valence-corrected chi connectivity index (χ2v) is 5.83. The molecule has 7 heteroatoms. The van der Waals surface area contributed by atoms with Gasteiger partial charge in [-0.15, -0.1) is 0 Å². The van der Waals surface area contributed by atoms with E-state index in [1.165, 1.54) is 12.1 Å². The molecule has 5 nitrogen and oxygen atoms in total. The van der Waals surface area contributed by atoms with Crippen molar-refractivity contribution in [3.63, 3.8) is 0 Å². The molecular formula is C17H15FN4OS. The van der Waals surface area contributed by atoms with Crippen LogP contribution in [-0.4, -0.2) is 23.8 Å². The first kappa shape index (κ1) is 16.1. The minimum Gasteiger partial charge on any atom is -0.331 e. The van der Waals surface area contributed by atoms with Crippen molar-refractivity contribution in [3.05, 3.63) is 59.4 Å². The average molecular weight is 342 g/mol. The van der Waals surface area contributed by atoms with Gasteiger partial charge in [0.15, 0.2) is 10.8 Å². The van der Waals surface area contributed by atoms with Gasteiger partial charge in [0.1, 0.15) is 5.82 Å². The van der Waals surface area contributed by atoms with Crippen LogP contribution in [0.15, 0.2) is 47.6 Å². The third-order valence-corrected chi connectivity index (χ3v) is 3.82. The van der Waals surface area contributed by atoms with Gasteiger partial charge < -0.3 is 10.2 Å². The molecule has 0 bridgehead atoms. The van der Waals surface area contributed by atoms with E-state index in [-0.39, 0.29) is 16.8 Å². The van der Waals surface area contributed by atoms with Crippen LogP contribution >= 0.6 is 12.2 Å². The molecule has 0 saturated carbocycles. The van der Waals surface area contributed by atoms with E-state index in [0.717, 1.165) is 16.8 Å². The van der Waals surface area contributed by atoms with Crippen molar-refractivity contribution in [1.82, 2.24) is 5.43 Å². The predicted molar refractivity (Wildman–Crippen MR) is 96.9 cm³/mol. The first-order valence-electron chi connectivity index (χ1n) is 7.25. The van der Waals surface area contributed by atoms with Crippen LogP contribution in [0, 0.1) is 12.7 Å². The highest BCUT2D eigenvalue weighted by Gasteiger charge is 2.31. The summed E-state index contributed by atoms with van der Waals surface area (Å²) >= 11 is 5.13. The van der Waals surface area contributed by atoms with Gasteiger partial charge in [-0.05, 0) is 49.5 Å². The highest BCUT2D eigenvalue weighted by molar-refractivity contribution is 7.80. The number of fused-ring (bicyclic) bond motifs is 1. The fourth-order valence-corrected chi connectivity index (χ4v) is 2.62. The third kappa shape index (κ3) is 3.11. The van der Waals surface area contributed by atoms with E-state index < -0.39 is 0 Å². The molecule has 1 aliphatic rings. The number of benzene rings is 2. The van der Waals surface area contributed by atoms with E-state index in [0.29, 0.717) is 11.4 Å². The number of nitrogens with zero attached hydrogens (tertiary/aromatic N) is 2. The maximum Gasteiger partial charge on any atom is 0.279 e. The molecule has 1 amide bonds. The first-order chi connectivity index (χ1) is 11.5. The molecule has 0 atom stereocenters. The number of rotatable bonds is 2. The van der Waals surface area contributed by atoms with Gasteiger partial charge in [0.2, 0.25) is 0 Å². The number of anilines is 2. The number of hydrazone groups is 1. The monoisotopic (exact) mass is 342 g/mol. The summed E-state index contributed by atoms with van der Waals surface area (Å²) in [4.78, 5) is 13.9. The lowest BCUT2D eigenvalue weighted by Gasteiger charge is -2.08. The van der Waals surface area contributed by atoms with Crippen LogP contribution in [0.2, 0.25) is 0 Å². The van der Waals surface area contributed by atoms with Crippen molar-refractivity contribution < 1.29 is 9.18 Å². The minimum atomic E-state index is -0.369. The van der Waals surface area contributed by atoms with E-state index in [1.54, 1.807) is 24.1 Å². The zero-order valence-electron chi connectivity index (χ0n) is 13.1. The number of likely N-dealkylation sites (N-methyl/N-ethyl adjacent to an activating group) is 1. The number of hydrogen-bond donors (Lipinski definition) is 2. The van der Waals surface area contributed by atoms with Gasteiger partial charge in [0.25, 0.3) is 5.91 Å². The van der Waals surface area contributed by atoms with Gasteiger partial charge in [-0.2, -0.15) is 5.10 Å². The smallest absolute Gasteiger partial charge is 0.279 e. The molecule has 0 unspecified atom stereocenters. The van der Waals surface area contributed by atoms with E-state index in [1.807, 2.05) is 25.1 Å². The van der Waals surface area contributed by atoms with Crippen molar-refractivity contribution in [2.45, 2.75) is 6.92 Å². The molecule has 1 aliphatic heterocycles. The summed E-state index contributed by atoms with van der Waals surface area (Å²) in [5, 5.41) is 7.12. The van der Waals surface area contributed by atoms with E-state index in [4.69, 9.17) is 12.2 Å². The first-order valence-corrected chi connectivity index (χ1v) is 7.66. The van der Waals surface area contributed by atoms with Crippen molar-refractivity contribution in [3.8, 4) is 0 Å². The topological polar surface area (TPSA) is 56.7 Å². The fraction of sp³-hybridized carbons (Fsp3) is 0.118. The Morgan fingerprint density at radius 3 is 2.79 bits per heavy atom. The minimum absolute atomic E-state index is 0.171. The van der Waals surface area contributed by atoms with Crippen molar-refractivity contribution in [1.29, 1.82) is 0 Å². The Balaban J connectivity index is 1.78. The molecule has 0 aliphatic carbocycles. The Labute approximate surface area is 144 Å². The molecule has 1 heterocycles. The Morgan fingerprint density at radius 1 is 1.25 bits per heavy atom. The molecule has 0 spiro atoms. The third-order valence-electron chi connectivity index (χ3n) is 3.63. The van der Waals surface area contributed by atoms with Gasteiger partial charge in [-0.3, -0.25) is 10.2 Å². The van der Waals surface area contributed by atoms with Gasteiger partial charge in [-0.25, -0.2) is 4.39 Å². The Morgan fingerprint density at radius 2 is 2.04 bits per heavy atom. The Bertz CT molecular complexity index is 865. The van der Waals surface area contributed by atoms with Crippen LogP contribution in [0.3, 0.4) is 0 Å². The lowest BCUT2D eigenvalue weighted by Crippen LogP contribution is -2.30. The zero-order chi connectivity index (χ0) is 17.3. The van der Waals surface area contributed by atoms with Crippen LogP contribution in [0.25, 0.3) is 0 Å². The molecule has 0 saturated heterocycles. The summed E-state index contributed by atoms with van der Waals surface area (Å²) in [6.45, 7) is 1.95. The average Bonchev–Trinajstić information content (AvgIpc) is 2.76. The molecule has 3 rings (SSSR count). The van der Waals surface area contributed by atoms with Crippen LogP contribution in [0.1, 0.15) is 11.1 Å². The highest BCUT2D eigenvalue weighted by atomic mass is 32.1. The van der Waals surface area contributed by atoms with Crippen LogP contribution in [0.4, 0.5) is 15.8 Å². The second kappa shape index (κ2) is 6.37. The summed E-state index contributed by atoms with van der Waals surface area (Å²) in [5.41, 5.74) is 6.02. The number of carbonyl (C=O) groups is 1. The number of hydrogen-bond acceptors (Lipinski definition) is 3. The van der Waals surface area contributed by atoms with Crippen molar-refractivity contribution >= 4 is 40.3 Å². The highest BCUT2D eigenvalue weighted by Crippen LogP contribution is 2.28. The molecule has 0 aromatic heterocycles. The quantitative estimate of drug-likeness (QED) is 0.651. The number of nitrogens with one attached hydrogen (secondary N) is 2. The predicted octanol–water partition coefficient (Wildman–Crippen LogP) is 2.80. The SMILES string of the molecule is Cc1ccc2c(c1)/C(=N/NC(=S)Nc1cccc(F)c1)C(=O)N2C.